The smallest absolute Gasteiger partial charge is 0.312 e. The van der Waals surface area contributed by atoms with Crippen molar-refractivity contribution >= 4 is 44.7 Å². The highest BCUT2D eigenvalue weighted by molar-refractivity contribution is 9.09. The summed E-state index contributed by atoms with van der Waals surface area (Å²) in [7, 11) is 0. The molecule has 1 spiro atoms. The highest BCUT2D eigenvalue weighted by Gasteiger charge is 2.76. The Balaban J connectivity index is 1.43. The molecule has 1 aromatic heterocycles. The first kappa shape index (κ1) is 25.1. The van der Waals surface area contributed by atoms with E-state index in [1.165, 1.54) is 0 Å². The molecule has 2 aromatic rings. The van der Waals surface area contributed by atoms with Crippen molar-refractivity contribution in [2.45, 2.75) is 61.8 Å². The van der Waals surface area contributed by atoms with Gasteiger partial charge in [0.15, 0.2) is 0 Å². The number of likely N-dealkylation sites (tertiary alicyclic amines) is 1. The number of carbonyl (C=O) groups is 3. The zero-order chi connectivity index (χ0) is 25.4. The van der Waals surface area contributed by atoms with Crippen molar-refractivity contribution in [3.05, 3.63) is 24.3 Å². The molecule has 6 atom stereocenters. The van der Waals surface area contributed by atoms with E-state index in [-0.39, 0.29) is 36.5 Å². The summed E-state index contributed by atoms with van der Waals surface area (Å²) in [5.41, 5.74) is 0.362. The molecule has 0 aliphatic carbocycles. The van der Waals surface area contributed by atoms with Crippen molar-refractivity contribution in [2.75, 3.05) is 19.8 Å². The first-order valence-electron chi connectivity index (χ1n) is 12.4. The second kappa shape index (κ2) is 10.1. The molecule has 2 bridgehead atoms. The fourth-order valence-corrected chi connectivity index (χ4v) is 6.98. The van der Waals surface area contributed by atoms with E-state index < -0.39 is 35.6 Å². The van der Waals surface area contributed by atoms with E-state index in [0.717, 1.165) is 5.52 Å². The van der Waals surface area contributed by atoms with Crippen LogP contribution in [0, 0.1) is 11.8 Å². The quantitative estimate of drug-likeness (QED) is 0.248. The van der Waals surface area contributed by atoms with Gasteiger partial charge in [-0.2, -0.15) is 0 Å². The summed E-state index contributed by atoms with van der Waals surface area (Å²) in [6, 6.07) is 6.54. The number of esters is 1. The molecule has 0 saturated carbocycles. The maximum absolute atomic E-state index is 13.7. The maximum Gasteiger partial charge on any atom is 0.312 e. The van der Waals surface area contributed by atoms with E-state index in [9.17, 15) is 14.4 Å². The lowest BCUT2D eigenvalue weighted by molar-refractivity contribution is -0.154. The lowest BCUT2D eigenvalue weighted by Crippen LogP contribution is -2.56. The molecular weight excluding hydrogens is 534 g/mol. The van der Waals surface area contributed by atoms with Crippen molar-refractivity contribution in [2.24, 2.45) is 11.8 Å². The summed E-state index contributed by atoms with van der Waals surface area (Å²) in [6.07, 6.45) is 1.84. The number of ether oxygens (including phenoxy) is 2. The van der Waals surface area contributed by atoms with Gasteiger partial charge < -0.3 is 24.8 Å². The molecule has 1 aromatic carbocycles. The van der Waals surface area contributed by atoms with E-state index in [0.29, 0.717) is 37.7 Å². The van der Waals surface area contributed by atoms with E-state index in [1.54, 1.807) is 16.5 Å². The SMILES string of the molecule is CCOC(=O)[C@H]1[C@H]2C(=O)N(CCCCCO)C(C(=O)NCn3nnc4ccccc43)C23CC(Br)[C@@H]1O3. The number of nitrogens with zero attached hydrogens (tertiary/aromatic N) is 4. The summed E-state index contributed by atoms with van der Waals surface area (Å²) in [4.78, 5) is 41.8. The molecule has 3 aliphatic heterocycles. The summed E-state index contributed by atoms with van der Waals surface area (Å²) in [5.74, 6) is -2.64. The van der Waals surface area contributed by atoms with Crippen LogP contribution in [0.3, 0.4) is 0 Å². The molecule has 194 valence electrons. The number of amides is 2. The molecule has 2 amide bonds. The molecule has 3 fully saturated rings. The van der Waals surface area contributed by atoms with E-state index in [1.807, 2.05) is 24.3 Å². The van der Waals surface area contributed by atoms with Gasteiger partial charge in [0.1, 0.15) is 23.8 Å². The number of nitrogens with one attached hydrogen (secondary N) is 1. The Morgan fingerprint density at radius 3 is 2.89 bits per heavy atom. The van der Waals surface area contributed by atoms with Gasteiger partial charge in [-0.1, -0.05) is 33.3 Å². The normalized spacial score (nSPS) is 30.7. The molecule has 3 unspecified atom stereocenters. The van der Waals surface area contributed by atoms with E-state index >= 15 is 0 Å². The Morgan fingerprint density at radius 1 is 1.31 bits per heavy atom. The number of rotatable bonds is 10. The number of fused-ring (bicyclic) bond motifs is 2. The molecule has 3 aliphatic rings. The van der Waals surface area contributed by atoms with Crippen molar-refractivity contribution < 1.29 is 29.0 Å². The lowest BCUT2D eigenvalue weighted by atomic mass is 9.70. The average Bonchev–Trinajstić information content (AvgIpc) is 3.58. The van der Waals surface area contributed by atoms with Crippen molar-refractivity contribution in [1.82, 2.24) is 25.2 Å². The Bertz CT molecular complexity index is 1160. The van der Waals surface area contributed by atoms with Crippen molar-refractivity contribution in [1.29, 1.82) is 0 Å². The largest absolute Gasteiger partial charge is 0.466 e. The first-order chi connectivity index (χ1) is 17.4. The minimum atomic E-state index is -1.13. The third-order valence-electron chi connectivity index (χ3n) is 7.48. The molecule has 36 heavy (non-hydrogen) atoms. The standard InChI is InChI=1S/C24H30BrN5O6/c1-2-35-23(34)17-18-22(33)29(10-6-3-7-11-31)20(24(18)12-14(25)19(17)36-24)21(32)26-13-30-16-9-5-4-8-15(16)27-28-30/h4-5,8-9,14,17-20,31H,2-3,6-7,10-13H2,1H3,(H,26,32)/t14?,17-,18-,19-,20?,24?/m0/s1. The molecule has 0 radical (unpaired) electrons. The van der Waals surface area contributed by atoms with Gasteiger partial charge in [-0.3, -0.25) is 14.4 Å². The second-order valence-corrected chi connectivity index (χ2v) is 10.7. The Kier molecular flexibility index (Phi) is 7.01. The third-order valence-corrected chi connectivity index (χ3v) is 8.32. The van der Waals surface area contributed by atoms with Gasteiger partial charge in [-0.25, -0.2) is 4.68 Å². The van der Waals surface area contributed by atoms with Crippen LogP contribution in [0.2, 0.25) is 0 Å². The lowest BCUT2D eigenvalue weighted by Gasteiger charge is -2.34. The number of aromatic nitrogens is 3. The molecule has 4 heterocycles. The van der Waals surface area contributed by atoms with Crippen LogP contribution in [0.25, 0.3) is 11.0 Å². The summed E-state index contributed by atoms with van der Waals surface area (Å²) < 4.78 is 13.3. The van der Waals surface area contributed by atoms with Crippen LogP contribution >= 0.6 is 15.9 Å². The van der Waals surface area contributed by atoms with Crippen LogP contribution < -0.4 is 5.32 Å². The van der Waals surface area contributed by atoms with Gasteiger partial charge in [-0.05, 0) is 44.7 Å². The Labute approximate surface area is 216 Å². The predicted molar refractivity (Wildman–Crippen MR) is 131 cm³/mol. The molecule has 3 saturated heterocycles. The molecule has 11 nitrogen and oxygen atoms in total. The first-order valence-corrected chi connectivity index (χ1v) is 13.3. The van der Waals surface area contributed by atoms with Crippen LogP contribution in [-0.2, 0) is 30.5 Å². The monoisotopic (exact) mass is 563 g/mol. The van der Waals surface area contributed by atoms with E-state index in [4.69, 9.17) is 14.6 Å². The summed E-state index contributed by atoms with van der Waals surface area (Å²) >= 11 is 3.63. The topological polar surface area (TPSA) is 136 Å². The highest BCUT2D eigenvalue weighted by atomic mass is 79.9. The summed E-state index contributed by atoms with van der Waals surface area (Å²) in [6.45, 7) is 2.39. The van der Waals surface area contributed by atoms with Crippen LogP contribution in [0.1, 0.15) is 32.6 Å². The number of hydrogen-bond acceptors (Lipinski definition) is 8. The number of hydrogen-bond donors (Lipinski definition) is 2. The minimum Gasteiger partial charge on any atom is -0.466 e. The number of carbonyl (C=O) groups excluding carboxylic acids is 3. The molecule has 2 N–H and O–H groups in total. The average molecular weight is 564 g/mol. The van der Waals surface area contributed by atoms with Gasteiger partial charge in [0.05, 0.1) is 30.1 Å². The number of alkyl halides is 1. The fourth-order valence-electron chi connectivity index (χ4n) is 6.03. The van der Waals surface area contributed by atoms with Crippen LogP contribution in [-0.4, -0.2) is 85.1 Å². The number of unbranched alkanes of at least 4 members (excludes halogenated alkanes) is 2. The number of para-hydroxylation sites is 1. The van der Waals surface area contributed by atoms with Gasteiger partial charge in [0.25, 0.3) is 0 Å². The van der Waals surface area contributed by atoms with Crippen LogP contribution in [0.15, 0.2) is 24.3 Å². The molecular formula is C24H30BrN5O6. The van der Waals surface area contributed by atoms with Gasteiger partial charge in [0.2, 0.25) is 11.8 Å². The minimum absolute atomic E-state index is 0.0667. The number of aliphatic hydroxyl groups excluding tert-OH is 1. The number of aliphatic hydroxyl groups is 1. The number of halogens is 1. The Morgan fingerprint density at radius 2 is 2.11 bits per heavy atom. The zero-order valence-corrected chi connectivity index (χ0v) is 21.6. The molecule has 5 rings (SSSR count). The summed E-state index contributed by atoms with van der Waals surface area (Å²) in [5, 5.41) is 20.3. The number of benzene rings is 1. The highest BCUT2D eigenvalue weighted by Crippen LogP contribution is 2.60. The van der Waals surface area contributed by atoms with Crippen LogP contribution in [0.5, 0.6) is 0 Å². The third kappa shape index (κ3) is 3.99. The van der Waals surface area contributed by atoms with E-state index in [2.05, 4.69) is 31.6 Å². The fraction of sp³-hybridized carbons (Fsp3) is 0.625. The van der Waals surface area contributed by atoms with Gasteiger partial charge in [0, 0.05) is 18.0 Å². The van der Waals surface area contributed by atoms with Crippen molar-refractivity contribution in [3.8, 4) is 0 Å². The van der Waals surface area contributed by atoms with Gasteiger partial charge >= 0.3 is 5.97 Å². The Hall–Kier alpha value is -2.57. The predicted octanol–water partition coefficient (Wildman–Crippen LogP) is 0.979. The zero-order valence-electron chi connectivity index (χ0n) is 20.0. The second-order valence-electron chi connectivity index (χ2n) is 9.51. The molecule has 12 heteroatoms. The van der Waals surface area contributed by atoms with Crippen molar-refractivity contribution in [3.63, 3.8) is 0 Å². The van der Waals surface area contributed by atoms with Gasteiger partial charge in [-0.15, -0.1) is 5.10 Å². The maximum atomic E-state index is 13.7. The van der Waals surface area contributed by atoms with Crippen LogP contribution in [0.4, 0.5) is 0 Å².